The maximum absolute atomic E-state index is 13.2. The number of aryl methyl sites for hydroxylation is 1. The molecule has 0 unspecified atom stereocenters. The Morgan fingerprint density at radius 1 is 0.812 bits per heavy atom. The van der Waals surface area contributed by atoms with Crippen LogP contribution < -0.4 is 16.3 Å². The van der Waals surface area contributed by atoms with Crippen LogP contribution in [-0.4, -0.2) is 79.0 Å². The van der Waals surface area contributed by atoms with E-state index in [0.29, 0.717) is 52.0 Å². The Hall–Kier alpha value is -3.55. The van der Waals surface area contributed by atoms with Gasteiger partial charge in [0.05, 0.1) is 32.5 Å². The molecule has 0 bridgehead atoms. The van der Waals surface area contributed by atoms with E-state index in [0.717, 1.165) is 29.5 Å². The average Bonchev–Trinajstić information content (AvgIpc) is 3.07. The fourth-order valence-electron chi connectivity index (χ4n) is 5.64. The summed E-state index contributed by atoms with van der Waals surface area (Å²) in [5.74, 6) is -0.620. The molecule has 1 amide bonds. The molecule has 0 aliphatic carbocycles. The maximum atomic E-state index is 13.2. The molecule has 0 radical (unpaired) electrons. The van der Waals surface area contributed by atoms with Gasteiger partial charge in [-0.25, -0.2) is 9.59 Å². The van der Waals surface area contributed by atoms with Crippen LogP contribution in [0.1, 0.15) is 76.5 Å². The predicted molar refractivity (Wildman–Crippen MR) is 179 cm³/mol. The van der Waals surface area contributed by atoms with Gasteiger partial charge >= 0.3 is 18.0 Å². The second kappa shape index (κ2) is 18.8. The summed E-state index contributed by atoms with van der Waals surface area (Å²) >= 11 is 0. The zero-order chi connectivity index (χ0) is 34.4. The number of nitrogens with zero attached hydrogens (tertiary/aromatic N) is 1. The zero-order valence-corrected chi connectivity index (χ0v) is 28.7. The largest absolute Gasteiger partial charge is 0.465 e. The van der Waals surface area contributed by atoms with Gasteiger partial charge in [0.15, 0.2) is 0 Å². The Balaban J connectivity index is 1.15. The highest BCUT2D eigenvalue weighted by Gasteiger charge is 2.39. The van der Waals surface area contributed by atoms with Crippen LogP contribution in [0.2, 0.25) is 0 Å². The van der Waals surface area contributed by atoms with Crippen molar-refractivity contribution >= 4 is 18.0 Å². The number of hydrogen-bond donors (Lipinski definition) is 3. The molecule has 4 atom stereocenters. The molecule has 2 saturated heterocycles. The highest BCUT2D eigenvalue weighted by atomic mass is 16.6. The van der Waals surface area contributed by atoms with Crippen LogP contribution in [0, 0.1) is 0 Å². The van der Waals surface area contributed by atoms with Crippen LogP contribution in [-0.2, 0) is 53.1 Å². The Morgan fingerprint density at radius 3 is 2.10 bits per heavy atom. The Kier molecular flexibility index (Phi) is 14.6. The Labute approximate surface area is 284 Å². The topological polar surface area (TPSA) is 137 Å². The summed E-state index contributed by atoms with van der Waals surface area (Å²) in [5.41, 5.74) is 8.64. The lowest BCUT2D eigenvalue weighted by Gasteiger charge is -2.38. The Morgan fingerprint density at radius 2 is 1.46 bits per heavy atom. The van der Waals surface area contributed by atoms with Crippen molar-refractivity contribution in [2.24, 2.45) is 0 Å². The molecule has 2 aromatic rings. The van der Waals surface area contributed by atoms with E-state index >= 15 is 0 Å². The molecule has 0 aromatic heterocycles. The summed E-state index contributed by atoms with van der Waals surface area (Å²) in [6.45, 7) is 9.56. The third-order valence-corrected chi connectivity index (χ3v) is 8.17. The van der Waals surface area contributed by atoms with Crippen LogP contribution in [0.5, 0.6) is 0 Å². The van der Waals surface area contributed by atoms with E-state index in [2.05, 4.69) is 16.3 Å². The lowest BCUT2D eigenvalue weighted by atomic mass is 9.99. The monoisotopic (exact) mass is 668 g/mol. The molecule has 2 aliphatic rings. The number of likely N-dealkylation sites (tertiary alicyclic amines) is 1. The van der Waals surface area contributed by atoms with Gasteiger partial charge in [0.1, 0.15) is 17.7 Å². The van der Waals surface area contributed by atoms with Crippen molar-refractivity contribution in [2.45, 2.75) is 109 Å². The first kappa shape index (κ1) is 37.3. The van der Waals surface area contributed by atoms with Crippen molar-refractivity contribution in [1.82, 2.24) is 21.2 Å². The number of carbonyl (C=O) groups excluding carboxylic acids is 3. The first-order valence-electron chi connectivity index (χ1n) is 17.0. The number of piperidine rings is 2. The number of hydroxylamine groups is 2. The summed E-state index contributed by atoms with van der Waals surface area (Å²) in [4.78, 5) is 51.0. The van der Waals surface area contributed by atoms with Crippen molar-refractivity contribution in [2.75, 3.05) is 26.3 Å². The molecule has 0 saturated carbocycles. The quantitative estimate of drug-likeness (QED) is 0.108. The number of carbonyl (C=O) groups is 3. The smallest absolute Gasteiger partial charge is 0.411 e. The molecular formula is C36H52N4O8. The average molecular weight is 669 g/mol. The molecule has 0 spiro atoms. The number of esters is 2. The van der Waals surface area contributed by atoms with Crippen LogP contribution in [0.25, 0.3) is 0 Å². The standard InChI is InChI=1S/C36H52N4O8/c1-5-44-33(41)31-19-17-29(22-37-31)38-46-25-28-15-13-26(14-16-28)12-9-21-45-34(42)32-20-18-30(23-40(32)35(43)48-36(2,3)4)39-47-24-27-10-7-6-8-11-27/h6-8,10-11,13-16,29-32,37-39H,5,9,12,17-25H2,1-4H3/t29-,30-,31+,32+/m1/s1. The van der Waals surface area contributed by atoms with Crippen molar-refractivity contribution in [1.29, 1.82) is 0 Å². The maximum Gasteiger partial charge on any atom is 0.411 e. The minimum Gasteiger partial charge on any atom is -0.465 e. The van der Waals surface area contributed by atoms with Gasteiger partial charge in [-0.3, -0.25) is 19.4 Å². The van der Waals surface area contributed by atoms with Crippen molar-refractivity contribution in [3.63, 3.8) is 0 Å². The summed E-state index contributed by atoms with van der Waals surface area (Å²) in [6.07, 6.45) is 3.46. The summed E-state index contributed by atoms with van der Waals surface area (Å²) in [5, 5.41) is 3.21. The van der Waals surface area contributed by atoms with Gasteiger partial charge < -0.3 is 19.5 Å². The van der Waals surface area contributed by atoms with E-state index in [4.69, 9.17) is 23.9 Å². The summed E-state index contributed by atoms with van der Waals surface area (Å²) < 4.78 is 16.4. The molecule has 2 aromatic carbocycles. The number of rotatable bonds is 15. The highest BCUT2D eigenvalue weighted by molar-refractivity contribution is 5.82. The van der Waals surface area contributed by atoms with Crippen LogP contribution >= 0.6 is 0 Å². The minimum absolute atomic E-state index is 0.125. The van der Waals surface area contributed by atoms with E-state index < -0.39 is 23.7 Å². The van der Waals surface area contributed by atoms with Gasteiger partial charge in [-0.1, -0.05) is 54.6 Å². The van der Waals surface area contributed by atoms with E-state index in [1.807, 2.05) is 61.5 Å². The van der Waals surface area contributed by atoms with Gasteiger partial charge in [0, 0.05) is 19.1 Å². The Bertz CT molecular complexity index is 1280. The molecule has 3 N–H and O–H groups in total. The van der Waals surface area contributed by atoms with Crippen molar-refractivity contribution < 1.29 is 38.3 Å². The molecule has 4 rings (SSSR count). The van der Waals surface area contributed by atoms with Crippen molar-refractivity contribution in [3.8, 4) is 0 Å². The molecule has 12 heteroatoms. The number of amides is 1. The van der Waals surface area contributed by atoms with Crippen LogP contribution in [0.3, 0.4) is 0 Å². The van der Waals surface area contributed by atoms with Gasteiger partial charge in [-0.15, -0.1) is 0 Å². The molecular weight excluding hydrogens is 616 g/mol. The molecule has 2 fully saturated rings. The van der Waals surface area contributed by atoms with Gasteiger partial charge in [0.2, 0.25) is 0 Å². The van der Waals surface area contributed by atoms with Crippen LogP contribution in [0.15, 0.2) is 54.6 Å². The second-order valence-corrected chi connectivity index (χ2v) is 13.3. The lowest BCUT2D eigenvalue weighted by Crippen LogP contribution is -2.56. The predicted octanol–water partition coefficient (Wildman–Crippen LogP) is 4.36. The third-order valence-electron chi connectivity index (χ3n) is 8.17. The third kappa shape index (κ3) is 12.5. The second-order valence-electron chi connectivity index (χ2n) is 13.3. The SMILES string of the molecule is CCOC(=O)[C@@H]1CC[C@@H](NOCc2ccc(CCCOC(=O)[C@@H]3CC[C@@H](NOCc4ccccc4)CN3C(=O)OC(C)(C)C)cc2)CN1. The summed E-state index contributed by atoms with van der Waals surface area (Å²) in [6, 6.07) is 17.0. The first-order chi connectivity index (χ1) is 23.1. The van der Waals surface area contributed by atoms with Gasteiger partial charge in [-0.2, -0.15) is 11.0 Å². The number of benzene rings is 2. The molecule has 264 valence electrons. The van der Waals surface area contributed by atoms with Crippen LogP contribution in [0.4, 0.5) is 4.79 Å². The fraction of sp³-hybridized carbons (Fsp3) is 0.583. The van der Waals surface area contributed by atoms with E-state index in [1.54, 1.807) is 20.8 Å². The molecule has 2 heterocycles. The number of nitrogens with one attached hydrogen (secondary N) is 3. The first-order valence-corrected chi connectivity index (χ1v) is 17.0. The zero-order valence-electron chi connectivity index (χ0n) is 28.7. The van der Waals surface area contributed by atoms with E-state index in [-0.39, 0.29) is 37.2 Å². The van der Waals surface area contributed by atoms with E-state index in [1.165, 1.54) is 4.90 Å². The molecule has 12 nitrogen and oxygen atoms in total. The fourth-order valence-corrected chi connectivity index (χ4v) is 5.64. The summed E-state index contributed by atoms with van der Waals surface area (Å²) in [7, 11) is 0. The normalized spacial score (nSPS) is 21.4. The number of hydrogen-bond acceptors (Lipinski definition) is 11. The molecule has 48 heavy (non-hydrogen) atoms. The number of ether oxygens (including phenoxy) is 3. The lowest BCUT2D eigenvalue weighted by molar-refractivity contribution is -0.152. The van der Waals surface area contributed by atoms with E-state index in [9.17, 15) is 14.4 Å². The van der Waals surface area contributed by atoms with Gasteiger partial charge in [-0.05, 0) is 82.9 Å². The highest BCUT2D eigenvalue weighted by Crippen LogP contribution is 2.23. The molecule has 2 aliphatic heterocycles. The minimum atomic E-state index is -0.719. The van der Waals surface area contributed by atoms with Crippen molar-refractivity contribution in [3.05, 3.63) is 71.3 Å². The van der Waals surface area contributed by atoms with Gasteiger partial charge in [0.25, 0.3) is 0 Å².